The highest BCUT2D eigenvalue weighted by atomic mass is 35.5. The summed E-state index contributed by atoms with van der Waals surface area (Å²) in [5.41, 5.74) is 0. The Morgan fingerprint density at radius 3 is 2.83 bits per heavy atom. The van der Waals surface area contributed by atoms with E-state index in [1.807, 2.05) is 0 Å². The Kier molecular flexibility index (Phi) is 3.21. The number of halogens is 2. The third-order valence-corrected chi connectivity index (χ3v) is 1.54. The van der Waals surface area contributed by atoms with Crippen LogP contribution in [0.4, 0.5) is 5.82 Å². The van der Waals surface area contributed by atoms with Gasteiger partial charge in [0.15, 0.2) is 0 Å². The van der Waals surface area contributed by atoms with E-state index in [0.717, 1.165) is 0 Å². The van der Waals surface area contributed by atoms with Crippen LogP contribution in [-0.4, -0.2) is 11.5 Å². The highest BCUT2D eigenvalue weighted by molar-refractivity contribution is 6.34. The summed E-state index contributed by atoms with van der Waals surface area (Å²) < 4.78 is 0. The summed E-state index contributed by atoms with van der Waals surface area (Å²) in [5, 5.41) is 3.75. The molecule has 1 rings (SSSR count). The first-order chi connectivity index (χ1) is 5.72. The van der Waals surface area contributed by atoms with Crippen LogP contribution in [-0.2, 0) is 0 Å². The lowest BCUT2D eigenvalue weighted by Crippen LogP contribution is -2.00. The zero-order valence-electron chi connectivity index (χ0n) is 6.14. The number of hydrogen-bond donors (Lipinski definition) is 1. The van der Waals surface area contributed by atoms with Gasteiger partial charge >= 0.3 is 0 Å². The summed E-state index contributed by atoms with van der Waals surface area (Å²) in [6, 6.07) is 3.22. The van der Waals surface area contributed by atoms with Crippen LogP contribution in [0.1, 0.15) is 0 Å². The number of nitrogens with one attached hydrogen (secondary N) is 1. The van der Waals surface area contributed by atoms with Crippen LogP contribution in [0.15, 0.2) is 12.1 Å². The van der Waals surface area contributed by atoms with Gasteiger partial charge in [-0.05, 0) is 12.1 Å². The average molecular weight is 201 g/mol. The Morgan fingerprint density at radius 2 is 2.25 bits per heavy atom. The second kappa shape index (κ2) is 4.20. The number of terminal acetylenes is 1. The first kappa shape index (κ1) is 9.18. The molecular weight excluding hydrogens is 195 g/mol. The van der Waals surface area contributed by atoms with Gasteiger partial charge in [-0.25, -0.2) is 4.98 Å². The molecule has 12 heavy (non-hydrogen) atoms. The lowest BCUT2D eigenvalue weighted by Gasteiger charge is -2.01. The van der Waals surface area contributed by atoms with Crippen molar-refractivity contribution in [2.45, 2.75) is 0 Å². The molecule has 1 N–H and O–H groups in total. The fourth-order valence-electron chi connectivity index (χ4n) is 0.698. The Labute approximate surface area is 80.9 Å². The number of hydrogen-bond acceptors (Lipinski definition) is 2. The number of nitrogens with zero attached hydrogens (tertiary/aromatic N) is 1. The number of aromatic nitrogens is 1. The van der Waals surface area contributed by atoms with E-state index in [1.54, 1.807) is 12.1 Å². The summed E-state index contributed by atoms with van der Waals surface area (Å²) in [6.07, 6.45) is 5.05. The van der Waals surface area contributed by atoms with Gasteiger partial charge in [0, 0.05) is 5.02 Å². The Bertz CT molecular complexity index is 297. The quantitative estimate of drug-likeness (QED) is 0.587. The molecule has 62 valence electrons. The Balaban J connectivity index is 2.80. The predicted octanol–water partition coefficient (Wildman–Crippen LogP) is 2.43. The third-order valence-electron chi connectivity index (χ3n) is 1.13. The van der Waals surface area contributed by atoms with Gasteiger partial charge in [-0.2, -0.15) is 0 Å². The summed E-state index contributed by atoms with van der Waals surface area (Å²) >= 11 is 11.4. The summed E-state index contributed by atoms with van der Waals surface area (Å²) in [7, 11) is 0. The van der Waals surface area contributed by atoms with E-state index >= 15 is 0 Å². The van der Waals surface area contributed by atoms with Gasteiger partial charge < -0.3 is 5.32 Å². The molecule has 0 bridgehead atoms. The van der Waals surface area contributed by atoms with Gasteiger partial charge in [-0.15, -0.1) is 6.42 Å². The van der Waals surface area contributed by atoms with Gasteiger partial charge in [0.25, 0.3) is 0 Å². The van der Waals surface area contributed by atoms with Gasteiger partial charge in [-0.3, -0.25) is 0 Å². The molecule has 0 aliphatic heterocycles. The molecular formula is C8H6Cl2N2. The molecule has 4 heteroatoms. The maximum Gasteiger partial charge on any atom is 0.132 e. The zero-order chi connectivity index (χ0) is 8.97. The standard InChI is InChI=1S/C8H6Cl2N2/c1-2-3-11-8-5-6(9)4-7(10)12-8/h1,4-5H,3H2,(H,11,12). The topological polar surface area (TPSA) is 24.9 Å². The van der Waals surface area contributed by atoms with Crippen LogP contribution < -0.4 is 5.32 Å². The SMILES string of the molecule is C#CCNc1cc(Cl)cc(Cl)n1. The Hall–Kier alpha value is -0.910. The van der Waals surface area contributed by atoms with E-state index in [0.29, 0.717) is 22.5 Å². The van der Waals surface area contributed by atoms with Gasteiger partial charge in [0.1, 0.15) is 11.0 Å². The first-order valence-electron chi connectivity index (χ1n) is 3.23. The monoisotopic (exact) mass is 200 g/mol. The van der Waals surface area contributed by atoms with E-state index in [-0.39, 0.29) is 0 Å². The van der Waals surface area contributed by atoms with Crippen LogP contribution in [0.3, 0.4) is 0 Å². The van der Waals surface area contributed by atoms with Crippen molar-refractivity contribution in [1.29, 1.82) is 0 Å². The van der Waals surface area contributed by atoms with E-state index in [4.69, 9.17) is 29.6 Å². The lowest BCUT2D eigenvalue weighted by molar-refractivity contribution is 1.25. The third kappa shape index (κ3) is 2.61. The van der Waals surface area contributed by atoms with Crippen molar-refractivity contribution in [2.24, 2.45) is 0 Å². The molecule has 0 saturated heterocycles. The second-order valence-electron chi connectivity index (χ2n) is 2.05. The van der Waals surface area contributed by atoms with Gasteiger partial charge in [0.05, 0.1) is 6.54 Å². The minimum Gasteiger partial charge on any atom is -0.359 e. The van der Waals surface area contributed by atoms with Crippen molar-refractivity contribution in [3.8, 4) is 12.3 Å². The van der Waals surface area contributed by atoms with Crippen LogP contribution >= 0.6 is 23.2 Å². The highest BCUT2D eigenvalue weighted by Crippen LogP contribution is 2.17. The molecule has 1 aromatic rings. The van der Waals surface area contributed by atoms with Crippen LogP contribution in [0, 0.1) is 12.3 Å². The van der Waals surface area contributed by atoms with Crippen molar-refractivity contribution in [1.82, 2.24) is 4.98 Å². The van der Waals surface area contributed by atoms with E-state index in [9.17, 15) is 0 Å². The minimum absolute atomic E-state index is 0.349. The minimum atomic E-state index is 0.349. The van der Waals surface area contributed by atoms with Crippen LogP contribution in [0.25, 0.3) is 0 Å². The maximum atomic E-state index is 5.71. The fraction of sp³-hybridized carbons (Fsp3) is 0.125. The van der Waals surface area contributed by atoms with E-state index < -0.39 is 0 Å². The van der Waals surface area contributed by atoms with E-state index in [1.165, 1.54) is 0 Å². The molecule has 0 aromatic carbocycles. The molecule has 0 amide bonds. The van der Waals surface area contributed by atoms with Crippen LogP contribution in [0.2, 0.25) is 10.2 Å². The summed E-state index contributed by atoms with van der Waals surface area (Å²) in [4.78, 5) is 3.95. The largest absolute Gasteiger partial charge is 0.359 e. The normalized spacial score (nSPS) is 9.08. The second-order valence-corrected chi connectivity index (χ2v) is 2.87. The molecule has 1 aromatic heterocycles. The zero-order valence-corrected chi connectivity index (χ0v) is 7.65. The van der Waals surface area contributed by atoms with Crippen molar-refractivity contribution >= 4 is 29.0 Å². The lowest BCUT2D eigenvalue weighted by atomic mass is 10.4. The van der Waals surface area contributed by atoms with Gasteiger partial charge in [0.2, 0.25) is 0 Å². The predicted molar refractivity (Wildman–Crippen MR) is 51.6 cm³/mol. The molecule has 2 nitrogen and oxygen atoms in total. The molecule has 0 saturated carbocycles. The van der Waals surface area contributed by atoms with Crippen molar-refractivity contribution < 1.29 is 0 Å². The molecule has 0 aliphatic carbocycles. The summed E-state index contributed by atoms with van der Waals surface area (Å²) in [6.45, 7) is 0.406. The molecule has 0 atom stereocenters. The molecule has 0 fully saturated rings. The highest BCUT2D eigenvalue weighted by Gasteiger charge is 1.97. The molecule has 1 heterocycles. The van der Waals surface area contributed by atoms with E-state index in [2.05, 4.69) is 16.2 Å². The number of pyridine rings is 1. The first-order valence-corrected chi connectivity index (χ1v) is 3.98. The van der Waals surface area contributed by atoms with Crippen LogP contribution in [0.5, 0.6) is 0 Å². The molecule has 0 unspecified atom stereocenters. The van der Waals surface area contributed by atoms with Crippen molar-refractivity contribution in [2.75, 3.05) is 11.9 Å². The fourth-order valence-corrected chi connectivity index (χ4v) is 1.17. The van der Waals surface area contributed by atoms with Crippen molar-refractivity contribution in [3.05, 3.63) is 22.3 Å². The number of rotatable bonds is 2. The van der Waals surface area contributed by atoms with Crippen molar-refractivity contribution in [3.63, 3.8) is 0 Å². The molecule has 0 spiro atoms. The molecule has 0 aliphatic rings. The Morgan fingerprint density at radius 1 is 1.50 bits per heavy atom. The molecule has 0 radical (unpaired) electrons. The maximum absolute atomic E-state index is 5.71. The van der Waals surface area contributed by atoms with Gasteiger partial charge in [-0.1, -0.05) is 29.1 Å². The number of anilines is 1. The average Bonchev–Trinajstić information content (AvgIpc) is 1.99. The summed E-state index contributed by atoms with van der Waals surface area (Å²) in [5.74, 6) is 3.01. The smallest absolute Gasteiger partial charge is 0.132 e.